The van der Waals surface area contributed by atoms with E-state index >= 15 is 0 Å². The maximum atomic E-state index is 10.7. The van der Waals surface area contributed by atoms with Gasteiger partial charge in [-0.25, -0.2) is 0 Å². The van der Waals surface area contributed by atoms with Crippen LogP contribution < -0.4 is 5.73 Å². The lowest BCUT2D eigenvalue weighted by atomic mass is 9.97. The lowest BCUT2D eigenvalue weighted by Crippen LogP contribution is -2.48. The fourth-order valence-electron chi connectivity index (χ4n) is 2.56. The Bertz CT molecular complexity index is 423. The van der Waals surface area contributed by atoms with E-state index in [9.17, 15) is 10.1 Å². The number of likely N-dealkylation sites (N-methyl/N-ethyl adjacent to an activating group) is 1. The van der Waals surface area contributed by atoms with Crippen LogP contribution in [0, 0.1) is 10.1 Å². The average Bonchev–Trinajstić information content (AvgIpc) is 2.46. The molecule has 0 amide bonds. The molecule has 6 nitrogen and oxygen atoms in total. The predicted molar refractivity (Wildman–Crippen MR) is 71.9 cm³/mol. The first kappa shape index (κ1) is 13.9. The van der Waals surface area contributed by atoms with Gasteiger partial charge in [0.2, 0.25) is 0 Å². The van der Waals surface area contributed by atoms with Gasteiger partial charge in [0, 0.05) is 25.2 Å². The number of non-ortho nitro benzene ring substituents is 1. The number of nitro benzene ring substituents is 1. The smallest absolute Gasteiger partial charge is 0.269 e. The highest BCUT2D eigenvalue weighted by molar-refractivity contribution is 5.34. The van der Waals surface area contributed by atoms with Crippen molar-refractivity contribution in [3.05, 3.63) is 39.9 Å². The third-order valence-electron chi connectivity index (χ3n) is 3.54. The third-order valence-corrected chi connectivity index (χ3v) is 3.54. The van der Waals surface area contributed by atoms with E-state index in [2.05, 4.69) is 11.8 Å². The van der Waals surface area contributed by atoms with E-state index in [4.69, 9.17) is 10.5 Å². The minimum absolute atomic E-state index is 0.0600. The Morgan fingerprint density at radius 2 is 2.16 bits per heavy atom. The Morgan fingerprint density at radius 1 is 1.47 bits per heavy atom. The summed E-state index contributed by atoms with van der Waals surface area (Å²) in [6.45, 7) is 4.98. The molecule has 2 N–H and O–H groups in total. The van der Waals surface area contributed by atoms with Crippen LogP contribution in [0.1, 0.15) is 18.5 Å². The first-order chi connectivity index (χ1) is 9.17. The number of hydrogen-bond acceptors (Lipinski definition) is 5. The molecule has 2 unspecified atom stereocenters. The zero-order chi connectivity index (χ0) is 13.8. The normalized spacial score (nSPS) is 24.3. The Labute approximate surface area is 112 Å². The van der Waals surface area contributed by atoms with Gasteiger partial charge < -0.3 is 10.5 Å². The molecule has 1 aromatic rings. The zero-order valence-corrected chi connectivity index (χ0v) is 11.0. The highest BCUT2D eigenvalue weighted by Gasteiger charge is 2.31. The molecule has 1 aliphatic rings. The average molecular weight is 265 g/mol. The van der Waals surface area contributed by atoms with Crippen molar-refractivity contribution in [3.8, 4) is 0 Å². The molecule has 19 heavy (non-hydrogen) atoms. The van der Waals surface area contributed by atoms with Crippen LogP contribution in [0.25, 0.3) is 0 Å². The summed E-state index contributed by atoms with van der Waals surface area (Å²) >= 11 is 0. The minimum Gasteiger partial charge on any atom is -0.374 e. The summed E-state index contributed by atoms with van der Waals surface area (Å²) < 4.78 is 5.70. The number of nitro groups is 1. The summed E-state index contributed by atoms with van der Waals surface area (Å²) in [6.07, 6.45) is -0.0600. The fourth-order valence-corrected chi connectivity index (χ4v) is 2.56. The van der Waals surface area contributed by atoms with Crippen LogP contribution >= 0.6 is 0 Å². The van der Waals surface area contributed by atoms with Crippen molar-refractivity contribution in [2.75, 3.05) is 26.2 Å². The van der Waals surface area contributed by atoms with Crippen molar-refractivity contribution in [1.29, 1.82) is 0 Å². The molecule has 6 heteroatoms. The van der Waals surface area contributed by atoms with Crippen molar-refractivity contribution < 1.29 is 9.66 Å². The molecular formula is C13H19N3O3. The molecule has 2 atom stereocenters. The number of benzene rings is 1. The van der Waals surface area contributed by atoms with Gasteiger partial charge in [-0.1, -0.05) is 19.1 Å². The van der Waals surface area contributed by atoms with E-state index in [-0.39, 0.29) is 22.8 Å². The molecule has 1 saturated heterocycles. The first-order valence-electron chi connectivity index (χ1n) is 6.47. The number of nitrogens with two attached hydrogens (primary N) is 1. The molecule has 0 aliphatic carbocycles. The first-order valence-corrected chi connectivity index (χ1v) is 6.47. The van der Waals surface area contributed by atoms with Gasteiger partial charge in [-0.3, -0.25) is 15.0 Å². The van der Waals surface area contributed by atoms with Crippen LogP contribution in [0.15, 0.2) is 24.3 Å². The molecular weight excluding hydrogens is 246 g/mol. The number of hydrogen-bond donors (Lipinski definition) is 1. The van der Waals surface area contributed by atoms with Crippen LogP contribution in [-0.4, -0.2) is 42.2 Å². The van der Waals surface area contributed by atoms with E-state index in [1.165, 1.54) is 12.1 Å². The molecule has 0 aromatic heterocycles. The standard InChI is InChI=1S/C13H19N3O3/c1-2-15-7-8-19-12(9-14)13(15)10-3-5-11(6-4-10)16(17)18/h3-6,12-13H,2,7-9,14H2,1H3. The van der Waals surface area contributed by atoms with Crippen LogP contribution in [0.2, 0.25) is 0 Å². The number of morpholine rings is 1. The number of nitrogens with zero attached hydrogens (tertiary/aromatic N) is 2. The topological polar surface area (TPSA) is 81.6 Å². The minimum atomic E-state index is -0.390. The van der Waals surface area contributed by atoms with Gasteiger partial charge >= 0.3 is 0 Å². The van der Waals surface area contributed by atoms with Gasteiger partial charge in [0.15, 0.2) is 0 Å². The third kappa shape index (κ3) is 2.91. The lowest BCUT2D eigenvalue weighted by Gasteiger charge is -2.40. The number of rotatable bonds is 4. The van der Waals surface area contributed by atoms with E-state index in [0.29, 0.717) is 13.2 Å². The van der Waals surface area contributed by atoms with Crippen molar-refractivity contribution in [2.24, 2.45) is 5.73 Å². The second-order valence-electron chi connectivity index (χ2n) is 4.57. The molecule has 0 spiro atoms. The Hall–Kier alpha value is -1.50. The summed E-state index contributed by atoms with van der Waals surface area (Å²) in [5.74, 6) is 0. The largest absolute Gasteiger partial charge is 0.374 e. The molecule has 0 saturated carbocycles. The van der Waals surface area contributed by atoms with E-state index in [1.54, 1.807) is 12.1 Å². The zero-order valence-electron chi connectivity index (χ0n) is 11.0. The molecule has 0 bridgehead atoms. The second-order valence-corrected chi connectivity index (χ2v) is 4.57. The van der Waals surface area contributed by atoms with Crippen molar-refractivity contribution in [3.63, 3.8) is 0 Å². The Balaban J connectivity index is 2.27. The Morgan fingerprint density at radius 3 is 2.68 bits per heavy atom. The van der Waals surface area contributed by atoms with Crippen molar-refractivity contribution >= 4 is 5.69 Å². The molecule has 2 rings (SSSR count). The molecule has 1 aromatic carbocycles. The molecule has 104 valence electrons. The van der Waals surface area contributed by atoms with E-state index in [1.807, 2.05) is 0 Å². The quantitative estimate of drug-likeness (QED) is 0.655. The summed E-state index contributed by atoms with van der Waals surface area (Å²) in [5.41, 5.74) is 6.89. The highest BCUT2D eigenvalue weighted by Crippen LogP contribution is 2.29. The van der Waals surface area contributed by atoms with Crippen molar-refractivity contribution in [2.45, 2.75) is 19.1 Å². The Kier molecular flexibility index (Phi) is 4.47. The van der Waals surface area contributed by atoms with Crippen LogP contribution in [-0.2, 0) is 4.74 Å². The summed E-state index contributed by atoms with van der Waals surface area (Å²) in [6, 6.07) is 6.73. The molecule has 1 heterocycles. The van der Waals surface area contributed by atoms with Gasteiger partial charge in [-0.05, 0) is 12.1 Å². The monoisotopic (exact) mass is 265 g/mol. The van der Waals surface area contributed by atoms with Crippen LogP contribution in [0.3, 0.4) is 0 Å². The second kappa shape index (κ2) is 6.10. The van der Waals surface area contributed by atoms with Crippen LogP contribution in [0.5, 0.6) is 0 Å². The fraction of sp³-hybridized carbons (Fsp3) is 0.538. The summed E-state index contributed by atoms with van der Waals surface area (Å²) in [5, 5.41) is 10.7. The van der Waals surface area contributed by atoms with Gasteiger partial charge in [0.1, 0.15) is 0 Å². The van der Waals surface area contributed by atoms with Crippen LogP contribution in [0.4, 0.5) is 5.69 Å². The summed E-state index contributed by atoms with van der Waals surface area (Å²) in [4.78, 5) is 12.6. The highest BCUT2D eigenvalue weighted by atomic mass is 16.6. The van der Waals surface area contributed by atoms with E-state index < -0.39 is 0 Å². The van der Waals surface area contributed by atoms with Gasteiger partial charge in [-0.2, -0.15) is 0 Å². The van der Waals surface area contributed by atoms with E-state index in [0.717, 1.165) is 18.7 Å². The number of ether oxygens (including phenoxy) is 1. The van der Waals surface area contributed by atoms with Gasteiger partial charge in [-0.15, -0.1) is 0 Å². The maximum absolute atomic E-state index is 10.7. The van der Waals surface area contributed by atoms with Gasteiger partial charge in [0.05, 0.1) is 23.7 Å². The SMILES string of the molecule is CCN1CCOC(CN)C1c1ccc([N+](=O)[O-])cc1. The molecule has 1 aliphatic heterocycles. The molecule has 1 fully saturated rings. The maximum Gasteiger partial charge on any atom is 0.269 e. The molecule has 0 radical (unpaired) electrons. The van der Waals surface area contributed by atoms with Gasteiger partial charge in [0.25, 0.3) is 5.69 Å². The lowest BCUT2D eigenvalue weighted by molar-refractivity contribution is -0.384. The van der Waals surface area contributed by atoms with Crippen molar-refractivity contribution in [1.82, 2.24) is 4.90 Å². The summed E-state index contributed by atoms with van der Waals surface area (Å²) in [7, 11) is 0. The predicted octanol–water partition coefficient (Wildman–Crippen LogP) is 1.32.